The van der Waals surface area contributed by atoms with Crippen LogP contribution in [0.5, 0.6) is 0 Å². The monoisotopic (exact) mass is 328 g/mol. The Hall–Kier alpha value is -2.90. The highest BCUT2D eigenvalue weighted by Crippen LogP contribution is 2.33. The molecule has 1 aromatic heterocycles. The van der Waals surface area contributed by atoms with Crippen LogP contribution in [0, 0.1) is 11.3 Å². The molecular weight excluding hydrogens is 308 g/mol. The smallest absolute Gasteiger partial charge is 0.0991 e. The summed E-state index contributed by atoms with van der Waals surface area (Å²) in [5, 5.41) is 14.9. The van der Waals surface area contributed by atoms with E-state index in [9.17, 15) is 0 Å². The number of rotatable bonds is 3. The van der Waals surface area contributed by atoms with Gasteiger partial charge in [-0.2, -0.15) is 5.26 Å². The minimum absolute atomic E-state index is 0.482. The average Bonchev–Trinajstić information content (AvgIpc) is 3.08. The van der Waals surface area contributed by atoms with Crippen LogP contribution in [0.15, 0.2) is 60.8 Å². The maximum Gasteiger partial charge on any atom is 0.0991 e. The molecule has 1 aliphatic heterocycles. The normalized spacial score (nSPS) is 17.5. The molecule has 0 saturated carbocycles. The summed E-state index contributed by atoms with van der Waals surface area (Å²) in [6, 6.07) is 20.9. The SMILES string of the molecule is CC1CCCN1N(c1ccc(C#N)cc1)c1ccc2cccnc2c1. The van der Waals surface area contributed by atoms with Crippen LogP contribution in [0.25, 0.3) is 10.9 Å². The van der Waals surface area contributed by atoms with Gasteiger partial charge in [-0.05, 0) is 62.2 Å². The van der Waals surface area contributed by atoms with Gasteiger partial charge in [-0.3, -0.25) is 9.99 Å². The minimum Gasteiger partial charge on any atom is -0.274 e. The number of benzene rings is 2. The molecule has 2 heterocycles. The third-order valence-electron chi connectivity index (χ3n) is 4.85. The van der Waals surface area contributed by atoms with Crippen LogP contribution < -0.4 is 5.01 Å². The van der Waals surface area contributed by atoms with Gasteiger partial charge in [0.25, 0.3) is 0 Å². The molecular formula is C21H20N4. The molecule has 2 aromatic carbocycles. The quantitative estimate of drug-likeness (QED) is 0.702. The number of hydrogen-bond donors (Lipinski definition) is 0. The van der Waals surface area contributed by atoms with Crippen LogP contribution in [0.1, 0.15) is 25.3 Å². The van der Waals surface area contributed by atoms with Crippen LogP contribution in [-0.2, 0) is 0 Å². The van der Waals surface area contributed by atoms with Gasteiger partial charge in [0.1, 0.15) is 0 Å². The van der Waals surface area contributed by atoms with E-state index >= 15 is 0 Å². The standard InChI is InChI=1S/C21H20N4/c1-16-4-3-13-24(16)25(19-9-6-17(15-22)7-10-19)20-11-8-18-5-2-12-23-21(18)14-20/h2,5-12,14,16H,3-4,13H2,1H3. The molecule has 3 aromatic rings. The van der Waals surface area contributed by atoms with E-state index < -0.39 is 0 Å². The Labute approximate surface area is 147 Å². The molecule has 1 fully saturated rings. The van der Waals surface area contributed by atoms with E-state index in [-0.39, 0.29) is 0 Å². The summed E-state index contributed by atoms with van der Waals surface area (Å²) in [4.78, 5) is 4.50. The van der Waals surface area contributed by atoms with Crippen molar-refractivity contribution in [1.29, 1.82) is 5.26 Å². The molecule has 1 aliphatic rings. The highest BCUT2D eigenvalue weighted by atomic mass is 15.6. The fourth-order valence-electron chi connectivity index (χ4n) is 3.52. The van der Waals surface area contributed by atoms with Gasteiger partial charge in [-0.25, -0.2) is 5.01 Å². The average molecular weight is 328 g/mol. The zero-order valence-electron chi connectivity index (χ0n) is 14.3. The molecule has 1 saturated heterocycles. The van der Waals surface area contributed by atoms with Crippen molar-refractivity contribution in [3.8, 4) is 6.07 Å². The van der Waals surface area contributed by atoms with Crippen LogP contribution in [-0.4, -0.2) is 22.6 Å². The lowest BCUT2D eigenvalue weighted by Gasteiger charge is -2.37. The van der Waals surface area contributed by atoms with E-state index in [0.29, 0.717) is 11.6 Å². The Balaban J connectivity index is 1.81. The van der Waals surface area contributed by atoms with E-state index in [1.165, 1.54) is 12.8 Å². The lowest BCUT2D eigenvalue weighted by Crippen LogP contribution is -2.41. The van der Waals surface area contributed by atoms with Gasteiger partial charge < -0.3 is 0 Å². The molecule has 4 rings (SSSR count). The first-order valence-electron chi connectivity index (χ1n) is 8.68. The highest BCUT2D eigenvalue weighted by molar-refractivity contribution is 5.83. The number of nitriles is 1. The summed E-state index contributed by atoms with van der Waals surface area (Å²) < 4.78 is 0. The van der Waals surface area contributed by atoms with Crippen molar-refractivity contribution in [3.63, 3.8) is 0 Å². The van der Waals surface area contributed by atoms with Gasteiger partial charge in [-0.15, -0.1) is 0 Å². The summed E-state index contributed by atoms with van der Waals surface area (Å²) in [5.41, 5.74) is 3.84. The topological polar surface area (TPSA) is 43.2 Å². The summed E-state index contributed by atoms with van der Waals surface area (Å²) in [7, 11) is 0. The second-order valence-corrected chi connectivity index (χ2v) is 6.51. The zero-order valence-corrected chi connectivity index (χ0v) is 14.3. The van der Waals surface area contributed by atoms with Gasteiger partial charge in [0.05, 0.1) is 28.5 Å². The molecule has 4 nitrogen and oxygen atoms in total. The zero-order chi connectivity index (χ0) is 17.2. The van der Waals surface area contributed by atoms with Gasteiger partial charge in [0.15, 0.2) is 0 Å². The predicted molar refractivity (Wildman–Crippen MR) is 100 cm³/mol. The van der Waals surface area contributed by atoms with Crippen LogP contribution in [0.2, 0.25) is 0 Å². The maximum atomic E-state index is 9.07. The Morgan fingerprint density at radius 3 is 2.64 bits per heavy atom. The van der Waals surface area contributed by atoms with Crippen molar-refractivity contribution >= 4 is 22.3 Å². The second-order valence-electron chi connectivity index (χ2n) is 6.51. The first kappa shape index (κ1) is 15.6. The van der Waals surface area contributed by atoms with Gasteiger partial charge in [-0.1, -0.05) is 12.1 Å². The van der Waals surface area contributed by atoms with Crippen molar-refractivity contribution in [1.82, 2.24) is 9.99 Å². The number of hydrazine groups is 1. The minimum atomic E-state index is 0.482. The van der Waals surface area contributed by atoms with Crippen molar-refractivity contribution < 1.29 is 0 Å². The van der Waals surface area contributed by atoms with Crippen molar-refractivity contribution in [3.05, 3.63) is 66.4 Å². The second kappa shape index (κ2) is 6.54. The molecule has 25 heavy (non-hydrogen) atoms. The molecule has 4 heteroatoms. The molecule has 0 amide bonds. The summed E-state index contributed by atoms with van der Waals surface area (Å²) in [6.45, 7) is 3.30. The molecule has 0 bridgehead atoms. The van der Waals surface area contributed by atoms with Gasteiger partial charge in [0, 0.05) is 24.2 Å². The molecule has 0 aliphatic carbocycles. The summed E-state index contributed by atoms with van der Waals surface area (Å²) in [5.74, 6) is 0. The van der Waals surface area contributed by atoms with Crippen LogP contribution >= 0.6 is 0 Å². The number of nitrogens with zero attached hydrogens (tertiary/aromatic N) is 4. The molecule has 0 N–H and O–H groups in total. The lowest BCUT2D eigenvalue weighted by atomic mass is 10.1. The Morgan fingerprint density at radius 1 is 1.12 bits per heavy atom. The van der Waals surface area contributed by atoms with Crippen LogP contribution in [0.4, 0.5) is 11.4 Å². The molecule has 0 radical (unpaired) electrons. The van der Waals surface area contributed by atoms with E-state index in [0.717, 1.165) is 28.8 Å². The maximum absolute atomic E-state index is 9.07. The number of pyridine rings is 1. The van der Waals surface area contributed by atoms with Crippen molar-refractivity contribution in [2.24, 2.45) is 0 Å². The van der Waals surface area contributed by atoms with E-state index in [4.69, 9.17) is 5.26 Å². The van der Waals surface area contributed by atoms with E-state index in [2.05, 4.69) is 52.3 Å². The molecule has 124 valence electrons. The summed E-state index contributed by atoms with van der Waals surface area (Å²) in [6.07, 6.45) is 4.22. The fraction of sp³-hybridized carbons (Fsp3) is 0.238. The number of fused-ring (bicyclic) bond motifs is 1. The first-order chi connectivity index (χ1) is 12.3. The van der Waals surface area contributed by atoms with E-state index in [1.807, 2.05) is 36.5 Å². The van der Waals surface area contributed by atoms with Crippen molar-refractivity contribution in [2.75, 3.05) is 11.6 Å². The number of hydrogen-bond acceptors (Lipinski definition) is 4. The third-order valence-corrected chi connectivity index (χ3v) is 4.85. The molecule has 0 spiro atoms. The Morgan fingerprint density at radius 2 is 1.92 bits per heavy atom. The number of anilines is 2. The first-order valence-corrected chi connectivity index (χ1v) is 8.68. The van der Waals surface area contributed by atoms with Gasteiger partial charge in [0.2, 0.25) is 0 Å². The Bertz CT molecular complexity index is 927. The largest absolute Gasteiger partial charge is 0.274 e. The summed E-state index contributed by atoms with van der Waals surface area (Å²) >= 11 is 0. The third kappa shape index (κ3) is 2.95. The highest BCUT2D eigenvalue weighted by Gasteiger charge is 2.27. The van der Waals surface area contributed by atoms with Crippen molar-refractivity contribution in [2.45, 2.75) is 25.8 Å². The van der Waals surface area contributed by atoms with Gasteiger partial charge >= 0.3 is 0 Å². The lowest BCUT2D eigenvalue weighted by molar-refractivity contribution is 0.273. The molecule has 1 atom stereocenters. The predicted octanol–water partition coefficient (Wildman–Crippen LogP) is 4.64. The Kier molecular flexibility index (Phi) is 4.09. The van der Waals surface area contributed by atoms with E-state index in [1.54, 1.807) is 0 Å². The van der Waals surface area contributed by atoms with Crippen LogP contribution in [0.3, 0.4) is 0 Å². The fourth-order valence-corrected chi connectivity index (χ4v) is 3.52. The number of aromatic nitrogens is 1. The molecule has 1 unspecified atom stereocenters.